The fourth-order valence-corrected chi connectivity index (χ4v) is 2.05. The first-order valence-electron chi connectivity index (χ1n) is 5.50. The molecule has 0 aliphatic heterocycles. The first-order valence-corrected chi connectivity index (χ1v) is 6.29. The minimum atomic E-state index is -0.488. The zero-order valence-corrected chi connectivity index (χ0v) is 11.4. The molecular formula is C14H11BrN2O. The van der Waals surface area contributed by atoms with Crippen molar-refractivity contribution in [2.75, 3.05) is 0 Å². The molecule has 0 saturated heterocycles. The smallest absolute Gasteiger partial charge is 0.252 e. The maximum absolute atomic E-state index is 11.9. The van der Waals surface area contributed by atoms with Crippen LogP contribution < -0.4 is 5.32 Å². The summed E-state index contributed by atoms with van der Waals surface area (Å²) in [6.45, 7) is 1.65. The van der Waals surface area contributed by atoms with E-state index in [1.165, 1.54) is 0 Å². The maximum atomic E-state index is 11.9. The Hall–Kier alpha value is -1.86. The molecule has 1 unspecified atom stereocenters. The number of nitrogens with zero attached hydrogens (tertiary/aromatic N) is 1. The SMILES string of the molecule is CC(C#N)NC(=O)c1ccc2cc(Br)ccc2c1. The van der Waals surface area contributed by atoms with Crippen molar-refractivity contribution in [3.05, 3.63) is 46.4 Å². The van der Waals surface area contributed by atoms with Gasteiger partial charge in [-0.25, -0.2) is 0 Å². The van der Waals surface area contributed by atoms with Gasteiger partial charge in [-0.1, -0.05) is 28.1 Å². The largest absolute Gasteiger partial charge is 0.337 e. The summed E-state index contributed by atoms with van der Waals surface area (Å²) >= 11 is 3.41. The number of halogens is 1. The number of nitriles is 1. The molecule has 0 spiro atoms. The van der Waals surface area contributed by atoms with Gasteiger partial charge in [0.2, 0.25) is 0 Å². The summed E-state index contributed by atoms with van der Waals surface area (Å²) in [6.07, 6.45) is 0. The second-order valence-electron chi connectivity index (χ2n) is 4.03. The van der Waals surface area contributed by atoms with E-state index in [1.807, 2.05) is 36.4 Å². The fraction of sp³-hybridized carbons (Fsp3) is 0.143. The molecule has 0 heterocycles. The third kappa shape index (κ3) is 2.69. The molecule has 1 atom stereocenters. The first-order chi connectivity index (χ1) is 8.60. The standard InChI is InChI=1S/C14H11BrN2O/c1-9(8-16)17-14(18)12-3-2-11-7-13(15)5-4-10(11)6-12/h2-7,9H,1H3,(H,17,18). The highest BCUT2D eigenvalue weighted by Gasteiger charge is 2.09. The van der Waals surface area contributed by atoms with E-state index in [1.54, 1.807) is 13.0 Å². The lowest BCUT2D eigenvalue weighted by atomic mass is 10.1. The Morgan fingerprint density at radius 1 is 1.28 bits per heavy atom. The highest BCUT2D eigenvalue weighted by molar-refractivity contribution is 9.10. The van der Waals surface area contributed by atoms with E-state index in [0.717, 1.165) is 15.2 Å². The molecule has 0 bridgehead atoms. The average Bonchev–Trinajstić information content (AvgIpc) is 2.37. The Kier molecular flexibility index (Phi) is 3.63. The zero-order chi connectivity index (χ0) is 13.1. The van der Waals surface area contributed by atoms with Gasteiger partial charge in [-0.3, -0.25) is 4.79 Å². The molecule has 2 aromatic carbocycles. The van der Waals surface area contributed by atoms with Crippen molar-refractivity contribution in [1.82, 2.24) is 5.32 Å². The Labute approximate surface area is 114 Å². The monoisotopic (exact) mass is 302 g/mol. The van der Waals surface area contributed by atoms with Crippen molar-refractivity contribution in [2.24, 2.45) is 0 Å². The van der Waals surface area contributed by atoms with Gasteiger partial charge in [-0.2, -0.15) is 5.26 Å². The fourth-order valence-electron chi connectivity index (χ4n) is 1.67. The number of carbonyl (C=O) groups excluding carboxylic acids is 1. The Bertz CT molecular complexity index is 646. The van der Waals surface area contributed by atoms with Crippen LogP contribution in [-0.2, 0) is 0 Å². The van der Waals surface area contributed by atoms with Crippen LogP contribution in [0.3, 0.4) is 0 Å². The van der Waals surface area contributed by atoms with E-state index in [9.17, 15) is 4.79 Å². The van der Waals surface area contributed by atoms with Crippen molar-refractivity contribution < 1.29 is 4.79 Å². The number of rotatable bonds is 2. The summed E-state index contributed by atoms with van der Waals surface area (Å²) in [5, 5.41) is 13.3. The lowest BCUT2D eigenvalue weighted by molar-refractivity contribution is 0.0948. The quantitative estimate of drug-likeness (QED) is 0.926. The molecule has 90 valence electrons. The highest BCUT2D eigenvalue weighted by atomic mass is 79.9. The summed E-state index contributed by atoms with van der Waals surface area (Å²) < 4.78 is 1.00. The third-order valence-electron chi connectivity index (χ3n) is 2.61. The van der Waals surface area contributed by atoms with Crippen LogP contribution in [0.15, 0.2) is 40.9 Å². The minimum absolute atomic E-state index is 0.228. The normalized spacial score (nSPS) is 11.8. The van der Waals surface area contributed by atoms with Crippen LogP contribution in [0.1, 0.15) is 17.3 Å². The number of nitrogens with one attached hydrogen (secondary N) is 1. The second-order valence-corrected chi connectivity index (χ2v) is 4.95. The van der Waals surface area contributed by atoms with E-state index >= 15 is 0 Å². The average molecular weight is 303 g/mol. The van der Waals surface area contributed by atoms with Crippen LogP contribution >= 0.6 is 15.9 Å². The van der Waals surface area contributed by atoms with Crippen LogP contribution in [-0.4, -0.2) is 11.9 Å². The molecular weight excluding hydrogens is 292 g/mol. The predicted molar refractivity (Wildman–Crippen MR) is 74.2 cm³/mol. The van der Waals surface area contributed by atoms with Crippen molar-refractivity contribution in [2.45, 2.75) is 13.0 Å². The molecule has 18 heavy (non-hydrogen) atoms. The molecule has 0 radical (unpaired) electrons. The second kappa shape index (κ2) is 5.19. The van der Waals surface area contributed by atoms with Gasteiger partial charge in [-0.05, 0) is 42.0 Å². The van der Waals surface area contributed by atoms with E-state index in [0.29, 0.717) is 5.56 Å². The van der Waals surface area contributed by atoms with Crippen molar-refractivity contribution in [1.29, 1.82) is 5.26 Å². The molecule has 3 nitrogen and oxygen atoms in total. The lowest BCUT2D eigenvalue weighted by Gasteiger charge is -2.07. The van der Waals surface area contributed by atoms with Crippen LogP contribution in [0.25, 0.3) is 10.8 Å². The number of benzene rings is 2. The van der Waals surface area contributed by atoms with Crippen molar-refractivity contribution in [3.63, 3.8) is 0 Å². The molecule has 0 saturated carbocycles. The molecule has 2 rings (SSSR count). The van der Waals surface area contributed by atoms with Gasteiger partial charge < -0.3 is 5.32 Å². The molecule has 0 aliphatic carbocycles. The molecule has 1 N–H and O–H groups in total. The Balaban J connectivity index is 2.33. The number of hydrogen-bond donors (Lipinski definition) is 1. The van der Waals surface area contributed by atoms with E-state index in [-0.39, 0.29) is 5.91 Å². The van der Waals surface area contributed by atoms with Crippen LogP contribution in [0.2, 0.25) is 0 Å². The van der Waals surface area contributed by atoms with Gasteiger partial charge in [-0.15, -0.1) is 0 Å². The summed E-state index contributed by atoms with van der Waals surface area (Å²) in [5.41, 5.74) is 0.562. The molecule has 2 aromatic rings. The maximum Gasteiger partial charge on any atom is 0.252 e. The van der Waals surface area contributed by atoms with Gasteiger partial charge in [0.05, 0.1) is 6.07 Å². The Morgan fingerprint density at radius 3 is 2.67 bits per heavy atom. The van der Waals surface area contributed by atoms with Crippen LogP contribution in [0, 0.1) is 11.3 Å². The summed E-state index contributed by atoms with van der Waals surface area (Å²) in [7, 11) is 0. The van der Waals surface area contributed by atoms with E-state index in [2.05, 4.69) is 21.2 Å². The third-order valence-corrected chi connectivity index (χ3v) is 3.10. The summed E-state index contributed by atoms with van der Waals surface area (Å²) in [5.74, 6) is -0.228. The molecule has 0 aromatic heterocycles. The number of fused-ring (bicyclic) bond motifs is 1. The topological polar surface area (TPSA) is 52.9 Å². The molecule has 0 fully saturated rings. The number of hydrogen-bond acceptors (Lipinski definition) is 2. The van der Waals surface area contributed by atoms with Crippen molar-refractivity contribution in [3.8, 4) is 6.07 Å². The lowest BCUT2D eigenvalue weighted by Crippen LogP contribution is -2.31. The number of amides is 1. The van der Waals surface area contributed by atoms with Gasteiger partial charge in [0.15, 0.2) is 0 Å². The van der Waals surface area contributed by atoms with E-state index in [4.69, 9.17) is 5.26 Å². The van der Waals surface area contributed by atoms with Gasteiger partial charge in [0, 0.05) is 10.0 Å². The Morgan fingerprint density at radius 2 is 1.94 bits per heavy atom. The van der Waals surface area contributed by atoms with Gasteiger partial charge in [0.1, 0.15) is 6.04 Å². The summed E-state index contributed by atoms with van der Waals surface area (Å²) in [4.78, 5) is 11.9. The van der Waals surface area contributed by atoms with Crippen molar-refractivity contribution >= 4 is 32.6 Å². The highest BCUT2D eigenvalue weighted by Crippen LogP contribution is 2.20. The van der Waals surface area contributed by atoms with Gasteiger partial charge in [0.25, 0.3) is 5.91 Å². The number of carbonyl (C=O) groups is 1. The molecule has 1 amide bonds. The zero-order valence-electron chi connectivity index (χ0n) is 9.77. The van der Waals surface area contributed by atoms with Gasteiger partial charge >= 0.3 is 0 Å². The van der Waals surface area contributed by atoms with Crippen LogP contribution in [0.4, 0.5) is 0 Å². The molecule has 4 heteroatoms. The van der Waals surface area contributed by atoms with Crippen LogP contribution in [0.5, 0.6) is 0 Å². The van der Waals surface area contributed by atoms with E-state index < -0.39 is 6.04 Å². The summed E-state index contributed by atoms with van der Waals surface area (Å²) in [6, 6.07) is 12.8. The first kappa shape index (κ1) is 12.6. The molecule has 0 aliphatic rings. The predicted octanol–water partition coefficient (Wildman–Crippen LogP) is 3.24. The minimum Gasteiger partial charge on any atom is -0.337 e.